The molecule has 0 radical (unpaired) electrons. The van der Waals surface area contributed by atoms with Crippen LogP contribution in [0, 0.1) is 0 Å². The summed E-state index contributed by atoms with van der Waals surface area (Å²) in [5.74, 6) is 1.54. The van der Waals surface area contributed by atoms with Gasteiger partial charge < -0.3 is 24.0 Å². The maximum absolute atomic E-state index is 13.1. The number of rotatable bonds is 6. The SMILES string of the molecule is O=C(c1ccccc1)N(CC[NH+]1CCOCC1)Cc1cccc2c1OCO2. The van der Waals surface area contributed by atoms with Crippen LogP contribution in [0.3, 0.4) is 0 Å². The molecule has 1 saturated heterocycles. The monoisotopic (exact) mass is 369 g/mol. The van der Waals surface area contributed by atoms with E-state index in [2.05, 4.69) is 0 Å². The van der Waals surface area contributed by atoms with E-state index < -0.39 is 0 Å². The van der Waals surface area contributed by atoms with Gasteiger partial charge in [0.2, 0.25) is 6.79 Å². The molecule has 1 fully saturated rings. The van der Waals surface area contributed by atoms with Crippen LogP contribution in [0.1, 0.15) is 15.9 Å². The molecule has 6 nitrogen and oxygen atoms in total. The summed E-state index contributed by atoms with van der Waals surface area (Å²) in [4.78, 5) is 16.5. The lowest BCUT2D eigenvalue weighted by Gasteiger charge is -2.28. The number of carbonyl (C=O) groups excluding carboxylic acids is 1. The number of nitrogens with one attached hydrogen (secondary N) is 1. The van der Waals surface area contributed by atoms with Crippen LogP contribution in [0.15, 0.2) is 48.5 Å². The number of fused-ring (bicyclic) bond motifs is 1. The van der Waals surface area contributed by atoms with Crippen molar-refractivity contribution in [3.05, 3.63) is 59.7 Å². The second kappa shape index (κ2) is 8.41. The first-order valence-electron chi connectivity index (χ1n) is 9.44. The highest BCUT2D eigenvalue weighted by molar-refractivity contribution is 5.94. The topological polar surface area (TPSA) is 52.4 Å². The maximum atomic E-state index is 13.1. The van der Waals surface area contributed by atoms with E-state index in [1.54, 1.807) is 0 Å². The first-order chi connectivity index (χ1) is 13.3. The Morgan fingerprint density at radius 1 is 1.00 bits per heavy atom. The Balaban J connectivity index is 1.52. The zero-order valence-corrected chi connectivity index (χ0v) is 15.4. The van der Waals surface area contributed by atoms with E-state index in [0.29, 0.717) is 18.7 Å². The fourth-order valence-electron chi connectivity index (χ4n) is 3.54. The lowest BCUT2D eigenvalue weighted by atomic mass is 10.1. The van der Waals surface area contributed by atoms with Crippen LogP contribution in [-0.2, 0) is 11.3 Å². The minimum absolute atomic E-state index is 0.0415. The summed E-state index contributed by atoms with van der Waals surface area (Å²) in [6.07, 6.45) is 0. The third kappa shape index (κ3) is 4.23. The van der Waals surface area contributed by atoms with Gasteiger partial charge in [-0.15, -0.1) is 0 Å². The number of hydrogen-bond acceptors (Lipinski definition) is 4. The quantitative estimate of drug-likeness (QED) is 0.825. The van der Waals surface area contributed by atoms with E-state index in [1.807, 2.05) is 53.4 Å². The third-order valence-corrected chi connectivity index (χ3v) is 5.08. The highest BCUT2D eigenvalue weighted by Gasteiger charge is 2.24. The molecule has 2 heterocycles. The lowest BCUT2D eigenvalue weighted by molar-refractivity contribution is -0.907. The van der Waals surface area contributed by atoms with Gasteiger partial charge in [-0.3, -0.25) is 4.79 Å². The van der Waals surface area contributed by atoms with Crippen LogP contribution in [0.2, 0.25) is 0 Å². The number of morpholine rings is 1. The van der Waals surface area contributed by atoms with Crippen LogP contribution in [0.5, 0.6) is 11.5 Å². The summed E-state index contributed by atoms with van der Waals surface area (Å²) in [6.45, 7) is 5.90. The molecule has 0 aromatic heterocycles. The van der Waals surface area contributed by atoms with Crippen LogP contribution in [-0.4, -0.2) is 57.0 Å². The number of para-hydroxylation sites is 1. The molecule has 2 aliphatic heterocycles. The van der Waals surface area contributed by atoms with Crippen molar-refractivity contribution < 1.29 is 23.9 Å². The van der Waals surface area contributed by atoms with Gasteiger partial charge in [-0.25, -0.2) is 0 Å². The molecule has 0 saturated carbocycles. The van der Waals surface area contributed by atoms with Gasteiger partial charge in [0.15, 0.2) is 11.5 Å². The molecule has 0 spiro atoms. The number of ether oxygens (including phenoxy) is 3. The standard InChI is InChI=1S/C21H24N2O4/c24-21(17-5-2-1-3-6-17)23(10-9-22-11-13-25-14-12-22)15-18-7-4-8-19-20(18)27-16-26-19/h1-8H,9-16H2/p+1. The molecule has 142 valence electrons. The van der Waals surface area contributed by atoms with E-state index in [9.17, 15) is 4.79 Å². The molecule has 0 unspecified atom stereocenters. The predicted molar refractivity (Wildman–Crippen MR) is 100 cm³/mol. The summed E-state index contributed by atoms with van der Waals surface area (Å²) in [5.41, 5.74) is 1.69. The van der Waals surface area contributed by atoms with Gasteiger partial charge in [-0.1, -0.05) is 30.3 Å². The molecule has 27 heavy (non-hydrogen) atoms. The van der Waals surface area contributed by atoms with Gasteiger partial charge in [-0.05, 0) is 18.2 Å². The average Bonchev–Trinajstić information content (AvgIpc) is 3.22. The predicted octanol–water partition coefficient (Wildman–Crippen LogP) is 0.973. The minimum atomic E-state index is 0.0415. The Bertz CT molecular complexity index is 775. The van der Waals surface area contributed by atoms with E-state index in [-0.39, 0.29) is 12.7 Å². The largest absolute Gasteiger partial charge is 0.454 e. The second-order valence-electron chi connectivity index (χ2n) is 6.86. The van der Waals surface area contributed by atoms with Crippen LogP contribution in [0.4, 0.5) is 0 Å². The molecule has 0 bridgehead atoms. The zero-order valence-electron chi connectivity index (χ0n) is 15.4. The Morgan fingerprint density at radius 3 is 2.63 bits per heavy atom. The van der Waals surface area contributed by atoms with Crippen molar-refractivity contribution in [1.82, 2.24) is 4.90 Å². The van der Waals surface area contributed by atoms with Gasteiger partial charge in [0.1, 0.15) is 13.1 Å². The van der Waals surface area contributed by atoms with Crippen LogP contribution in [0.25, 0.3) is 0 Å². The maximum Gasteiger partial charge on any atom is 0.254 e. The van der Waals surface area contributed by atoms with Crippen molar-refractivity contribution in [1.29, 1.82) is 0 Å². The molecule has 1 amide bonds. The smallest absolute Gasteiger partial charge is 0.254 e. The van der Waals surface area contributed by atoms with E-state index >= 15 is 0 Å². The minimum Gasteiger partial charge on any atom is -0.454 e. The number of carbonyl (C=O) groups is 1. The Hall–Kier alpha value is -2.57. The van der Waals surface area contributed by atoms with E-state index in [0.717, 1.165) is 49.9 Å². The number of nitrogens with zero attached hydrogens (tertiary/aromatic N) is 1. The van der Waals surface area contributed by atoms with Crippen molar-refractivity contribution in [2.24, 2.45) is 0 Å². The summed E-state index contributed by atoms with van der Waals surface area (Å²) >= 11 is 0. The Kier molecular flexibility index (Phi) is 5.55. The fourth-order valence-corrected chi connectivity index (χ4v) is 3.54. The molecule has 1 N–H and O–H groups in total. The fraction of sp³-hybridized carbons (Fsp3) is 0.381. The van der Waals surface area contributed by atoms with Gasteiger partial charge in [0.25, 0.3) is 5.91 Å². The molecule has 2 aromatic carbocycles. The van der Waals surface area contributed by atoms with Crippen molar-refractivity contribution >= 4 is 5.91 Å². The number of amides is 1. The van der Waals surface area contributed by atoms with E-state index in [1.165, 1.54) is 4.90 Å². The molecule has 4 rings (SSSR count). The lowest BCUT2D eigenvalue weighted by Crippen LogP contribution is -3.14. The third-order valence-electron chi connectivity index (χ3n) is 5.08. The Morgan fingerprint density at radius 2 is 1.81 bits per heavy atom. The highest BCUT2D eigenvalue weighted by atomic mass is 16.7. The van der Waals surface area contributed by atoms with E-state index in [4.69, 9.17) is 14.2 Å². The van der Waals surface area contributed by atoms with Gasteiger partial charge in [-0.2, -0.15) is 0 Å². The van der Waals surface area contributed by atoms with Gasteiger partial charge in [0.05, 0.1) is 32.8 Å². The normalized spacial score (nSPS) is 16.3. The van der Waals surface area contributed by atoms with Gasteiger partial charge in [0, 0.05) is 11.1 Å². The summed E-state index contributed by atoms with van der Waals surface area (Å²) in [6, 6.07) is 15.3. The van der Waals surface area contributed by atoms with Crippen molar-refractivity contribution in [2.45, 2.75) is 6.54 Å². The summed E-state index contributed by atoms with van der Waals surface area (Å²) in [5, 5.41) is 0. The molecule has 0 atom stereocenters. The van der Waals surface area contributed by atoms with Crippen molar-refractivity contribution in [2.75, 3.05) is 46.2 Å². The Labute approximate surface area is 159 Å². The van der Waals surface area contributed by atoms with Crippen LogP contribution >= 0.6 is 0 Å². The number of benzene rings is 2. The molecular formula is C21H25N2O4+. The number of hydrogen-bond donors (Lipinski definition) is 1. The summed E-state index contributed by atoms with van der Waals surface area (Å²) < 4.78 is 16.5. The highest BCUT2D eigenvalue weighted by Crippen LogP contribution is 2.36. The number of quaternary nitrogens is 1. The van der Waals surface area contributed by atoms with Gasteiger partial charge >= 0.3 is 0 Å². The van der Waals surface area contributed by atoms with Crippen LogP contribution < -0.4 is 14.4 Å². The molecular weight excluding hydrogens is 344 g/mol. The second-order valence-corrected chi connectivity index (χ2v) is 6.86. The molecule has 2 aliphatic rings. The van der Waals surface area contributed by atoms with Crippen molar-refractivity contribution in [3.63, 3.8) is 0 Å². The summed E-state index contributed by atoms with van der Waals surface area (Å²) in [7, 11) is 0. The average molecular weight is 369 g/mol. The molecule has 6 heteroatoms. The zero-order chi connectivity index (χ0) is 18.5. The van der Waals surface area contributed by atoms with Crippen molar-refractivity contribution in [3.8, 4) is 11.5 Å². The molecule has 0 aliphatic carbocycles. The first-order valence-corrected chi connectivity index (χ1v) is 9.44. The first kappa shape index (κ1) is 17.8. The molecule has 2 aromatic rings.